The topological polar surface area (TPSA) is 77.2 Å². The number of aryl methyl sites for hydroxylation is 1. The number of morpholine rings is 1. The number of anilines is 1. The molecule has 1 saturated heterocycles. The monoisotopic (exact) mass is 331 g/mol. The highest BCUT2D eigenvalue weighted by Gasteiger charge is 2.30. The van der Waals surface area contributed by atoms with Crippen LogP contribution in [-0.4, -0.2) is 39.9 Å². The number of hydrogen-bond donors (Lipinski definition) is 0. The quantitative estimate of drug-likeness (QED) is 0.714. The molecule has 2 aromatic heterocycles. The van der Waals surface area contributed by atoms with Gasteiger partial charge in [0.25, 0.3) is 0 Å². The lowest BCUT2D eigenvalue weighted by Gasteiger charge is -2.35. The van der Waals surface area contributed by atoms with Crippen LogP contribution in [0.1, 0.15) is 17.8 Å². The first kappa shape index (κ1) is 14.3. The van der Waals surface area contributed by atoms with Crippen LogP contribution in [0.15, 0.2) is 29.0 Å². The zero-order chi connectivity index (χ0) is 15.8. The van der Waals surface area contributed by atoms with Crippen LogP contribution >= 0.6 is 11.6 Å². The molecule has 7 nitrogen and oxygen atoms in total. The van der Waals surface area contributed by atoms with Gasteiger partial charge in [-0.15, -0.1) is 0 Å². The third kappa shape index (κ3) is 2.62. The Hall–Kier alpha value is -2.25. The van der Waals surface area contributed by atoms with Crippen molar-refractivity contribution in [3.8, 4) is 0 Å². The van der Waals surface area contributed by atoms with Crippen LogP contribution < -0.4 is 4.90 Å². The molecular weight excluding hydrogens is 318 g/mol. The minimum absolute atomic E-state index is 0.144. The first-order valence-corrected chi connectivity index (χ1v) is 7.65. The van der Waals surface area contributed by atoms with Gasteiger partial charge >= 0.3 is 0 Å². The summed E-state index contributed by atoms with van der Waals surface area (Å²) in [6.07, 6.45) is 1.54. The van der Waals surface area contributed by atoms with Gasteiger partial charge in [0.2, 0.25) is 5.89 Å². The molecule has 1 unspecified atom stereocenters. The van der Waals surface area contributed by atoms with E-state index in [2.05, 4.69) is 25.0 Å². The Labute approximate surface area is 137 Å². The van der Waals surface area contributed by atoms with E-state index in [4.69, 9.17) is 20.9 Å². The number of benzene rings is 1. The summed E-state index contributed by atoms with van der Waals surface area (Å²) in [6, 6.07) is 5.46. The van der Waals surface area contributed by atoms with Crippen LogP contribution in [0.4, 0.5) is 5.82 Å². The fourth-order valence-corrected chi connectivity index (χ4v) is 2.93. The van der Waals surface area contributed by atoms with E-state index in [9.17, 15) is 0 Å². The highest BCUT2D eigenvalue weighted by Crippen LogP contribution is 2.32. The summed E-state index contributed by atoms with van der Waals surface area (Å²) in [5.74, 6) is 1.95. The molecule has 4 rings (SSSR count). The Kier molecular flexibility index (Phi) is 3.59. The van der Waals surface area contributed by atoms with Gasteiger partial charge in [-0.05, 0) is 18.2 Å². The first-order chi connectivity index (χ1) is 11.2. The second kappa shape index (κ2) is 5.75. The minimum Gasteiger partial charge on any atom is -0.377 e. The van der Waals surface area contributed by atoms with E-state index in [1.165, 1.54) is 0 Å². The van der Waals surface area contributed by atoms with Crippen LogP contribution in [0.3, 0.4) is 0 Å². The molecule has 0 bridgehead atoms. The maximum atomic E-state index is 6.06. The van der Waals surface area contributed by atoms with Crippen molar-refractivity contribution in [2.45, 2.75) is 13.0 Å². The highest BCUT2D eigenvalue weighted by molar-refractivity contribution is 6.31. The minimum atomic E-state index is -0.144. The maximum Gasteiger partial charge on any atom is 0.223 e. The summed E-state index contributed by atoms with van der Waals surface area (Å²) in [5.41, 5.74) is 0.803. The lowest BCUT2D eigenvalue weighted by Crippen LogP contribution is -2.40. The lowest BCUT2D eigenvalue weighted by atomic mass is 10.1. The van der Waals surface area contributed by atoms with Gasteiger partial charge in [-0.2, -0.15) is 4.98 Å². The summed E-state index contributed by atoms with van der Waals surface area (Å²) in [4.78, 5) is 15.2. The molecule has 0 radical (unpaired) electrons. The van der Waals surface area contributed by atoms with E-state index < -0.39 is 0 Å². The van der Waals surface area contributed by atoms with E-state index in [-0.39, 0.29) is 6.04 Å². The van der Waals surface area contributed by atoms with E-state index in [1.807, 2.05) is 18.2 Å². The summed E-state index contributed by atoms with van der Waals surface area (Å²) in [6.45, 7) is 3.56. The SMILES string of the molecule is Cc1nc(C2COCCN2c2ncnc3cc(Cl)ccc23)no1. The smallest absolute Gasteiger partial charge is 0.223 e. The molecule has 1 atom stereocenters. The molecule has 0 amide bonds. The zero-order valence-electron chi connectivity index (χ0n) is 12.4. The second-order valence-electron chi connectivity index (χ2n) is 5.31. The Morgan fingerprint density at radius 1 is 1.30 bits per heavy atom. The average molecular weight is 332 g/mol. The Morgan fingerprint density at radius 2 is 2.22 bits per heavy atom. The molecule has 0 saturated carbocycles. The van der Waals surface area contributed by atoms with Crippen molar-refractivity contribution < 1.29 is 9.26 Å². The fraction of sp³-hybridized carbons (Fsp3) is 0.333. The van der Waals surface area contributed by atoms with Crippen LogP contribution in [0, 0.1) is 6.92 Å². The largest absolute Gasteiger partial charge is 0.377 e. The van der Waals surface area contributed by atoms with Gasteiger partial charge in [-0.1, -0.05) is 16.8 Å². The molecule has 1 aliphatic rings. The van der Waals surface area contributed by atoms with Crippen molar-refractivity contribution in [3.05, 3.63) is 41.3 Å². The molecule has 0 aliphatic carbocycles. The molecule has 23 heavy (non-hydrogen) atoms. The molecule has 118 valence electrons. The van der Waals surface area contributed by atoms with E-state index in [0.29, 0.717) is 36.5 Å². The van der Waals surface area contributed by atoms with Crippen molar-refractivity contribution in [1.82, 2.24) is 20.1 Å². The number of nitrogens with zero attached hydrogens (tertiary/aromatic N) is 5. The van der Waals surface area contributed by atoms with E-state index in [0.717, 1.165) is 16.7 Å². The van der Waals surface area contributed by atoms with E-state index >= 15 is 0 Å². The molecule has 3 heterocycles. The number of aromatic nitrogens is 4. The molecule has 1 fully saturated rings. The molecule has 0 spiro atoms. The Bertz CT molecular complexity index is 853. The molecule has 3 aromatic rings. The number of fused-ring (bicyclic) bond motifs is 1. The van der Waals surface area contributed by atoms with Crippen molar-refractivity contribution in [2.24, 2.45) is 0 Å². The van der Waals surface area contributed by atoms with Crippen LogP contribution in [0.2, 0.25) is 5.02 Å². The predicted molar refractivity (Wildman–Crippen MR) is 84.5 cm³/mol. The summed E-state index contributed by atoms with van der Waals surface area (Å²) in [5, 5.41) is 5.62. The van der Waals surface area contributed by atoms with Gasteiger partial charge < -0.3 is 14.2 Å². The maximum absolute atomic E-state index is 6.06. The third-order valence-corrected chi connectivity index (χ3v) is 4.05. The summed E-state index contributed by atoms with van der Waals surface area (Å²) >= 11 is 6.06. The van der Waals surface area contributed by atoms with Crippen molar-refractivity contribution in [3.63, 3.8) is 0 Å². The predicted octanol–water partition coefficient (Wildman–Crippen LogP) is 2.55. The van der Waals surface area contributed by atoms with Crippen molar-refractivity contribution in [1.29, 1.82) is 0 Å². The standard InChI is InChI=1S/C15H14ClN5O2/c1-9-19-14(20-23-9)13-7-22-5-4-21(13)15-11-3-2-10(16)6-12(11)17-8-18-15/h2-3,6,8,13H,4-5,7H2,1H3. The molecule has 8 heteroatoms. The van der Waals surface area contributed by atoms with Crippen LogP contribution in [0.5, 0.6) is 0 Å². The average Bonchev–Trinajstić information content (AvgIpc) is 3.00. The lowest BCUT2D eigenvalue weighted by molar-refractivity contribution is 0.0907. The van der Waals surface area contributed by atoms with Crippen molar-refractivity contribution in [2.75, 3.05) is 24.7 Å². The Balaban J connectivity index is 1.81. The van der Waals surface area contributed by atoms with Gasteiger partial charge in [0.05, 0.1) is 18.7 Å². The normalized spacial score (nSPS) is 18.5. The number of rotatable bonds is 2. The summed E-state index contributed by atoms with van der Waals surface area (Å²) in [7, 11) is 0. The fourth-order valence-electron chi connectivity index (χ4n) is 2.77. The molecule has 0 N–H and O–H groups in total. The number of halogens is 1. The Morgan fingerprint density at radius 3 is 3.04 bits per heavy atom. The van der Waals surface area contributed by atoms with Gasteiger partial charge in [0, 0.05) is 23.9 Å². The molecule has 1 aromatic carbocycles. The van der Waals surface area contributed by atoms with Gasteiger partial charge in [-0.3, -0.25) is 0 Å². The highest BCUT2D eigenvalue weighted by atomic mass is 35.5. The van der Waals surface area contributed by atoms with Crippen LogP contribution in [-0.2, 0) is 4.74 Å². The van der Waals surface area contributed by atoms with Gasteiger partial charge in [0.15, 0.2) is 5.82 Å². The van der Waals surface area contributed by atoms with Crippen LogP contribution in [0.25, 0.3) is 10.9 Å². The third-order valence-electron chi connectivity index (χ3n) is 3.82. The second-order valence-corrected chi connectivity index (χ2v) is 5.75. The number of hydrogen-bond acceptors (Lipinski definition) is 7. The van der Waals surface area contributed by atoms with Crippen molar-refractivity contribution >= 4 is 28.3 Å². The molecule has 1 aliphatic heterocycles. The zero-order valence-corrected chi connectivity index (χ0v) is 13.2. The van der Waals surface area contributed by atoms with Gasteiger partial charge in [0.1, 0.15) is 18.2 Å². The number of ether oxygens (including phenoxy) is 1. The molecular formula is C15H14ClN5O2. The van der Waals surface area contributed by atoms with E-state index in [1.54, 1.807) is 13.3 Å². The van der Waals surface area contributed by atoms with Gasteiger partial charge in [-0.25, -0.2) is 9.97 Å². The first-order valence-electron chi connectivity index (χ1n) is 7.27. The summed E-state index contributed by atoms with van der Waals surface area (Å²) < 4.78 is 10.7.